The van der Waals surface area contributed by atoms with Crippen molar-refractivity contribution >= 4 is 5.91 Å². The Hall–Kier alpha value is -1.55. The molecule has 4 heteroatoms. The average molecular weight is 192 g/mol. The number of carbonyl (C=O) groups excluding carboxylic acids is 1. The normalized spacial score (nSPS) is 19.4. The Kier molecular flexibility index (Phi) is 1.93. The Morgan fingerprint density at radius 2 is 2.21 bits per heavy atom. The fraction of sp³-hybridized carbons (Fsp3) is 0.300. The number of phenols is 1. The maximum atomic E-state index is 11.1. The van der Waals surface area contributed by atoms with Crippen molar-refractivity contribution in [2.24, 2.45) is 11.5 Å². The smallest absolute Gasteiger partial charge is 0.252 e. The van der Waals surface area contributed by atoms with E-state index < -0.39 is 5.91 Å². The maximum Gasteiger partial charge on any atom is 0.252 e. The molecule has 1 atom stereocenters. The van der Waals surface area contributed by atoms with Gasteiger partial charge in [0.1, 0.15) is 5.75 Å². The molecule has 5 N–H and O–H groups in total. The number of hydrogen-bond donors (Lipinski definition) is 3. The molecular formula is C10H12N2O2. The standard InChI is InChI=1S/C10H12N2O2/c11-7-3-1-6-5(7)2-4-8(13)9(6)10(12)14/h2,4,7,13H,1,3,11H2,(H2,12,14)/t7-/m0/s1. The third-order valence-corrected chi connectivity index (χ3v) is 2.68. The number of benzene rings is 1. The van der Waals surface area contributed by atoms with Gasteiger partial charge >= 0.3 is 0 Å². The Labute approximate surface area is 81.5 Å². The topological polar surface area (TPSA) is 89.3 Å². The van der Waals surface area contributed by atoms with Gasteiger partial charge in [-0.05, 0) is 30.0 Å². The van der Waals surface area contributed by atoms with Crippen LogP contribution in [0.4, 0.5) is 0 Å². The first-order chi connectivity index (χ1) is 6.61. The molecule has 0 heterocycles. The van der Waals surface area contributed by atoms with Crippen LogP contribution in [-0.2, 0) is 6.42 Å². The van der Waals surface area contributed by atoms with Gasteiger partial charge in [0, 0.05) is 6.04 Å². The highest BCUT2D eigenvalue weighted by Gasteiger charge is 2.25. The van der Waals surface area contributed by atoms with Crippen LogP contribution in [0, 0.1) is 0 Å². The summed E-state index contributed by atoms with van der Waals surface area (Å²) in [6, 6.07) is 3.20. The summed E-state index contributed by atoms with van der Waals surface area (Å²) < 4.78 is 0. The molecule has 0 bridgehead atoms. The van der Waals surface area contributed by atoms with Crippen molar-refractivity contribution in [2.75, 3.05) is 0 Å². The van der Waals surface area contributed by atoms with Crippen LogP contribution < -0.4 is 11.5 Å². The molecule has 1 aliphatic carbocycles. The molecule has 1 aromatic rings. The highest BCUT2D eigenvalue weighted by Crippen LogP contribution is 2.35. The molecule has 0 fully saturated rings. The van der Waals surface area contributed by atoms with Gasteiger partial charge in [0.25, 0.3) is 5.91 Å². The van der Waals surface area contributed by atoms with Crippen molar-refractivity contribution in [1.29, 1.82) is 0 Å². The van der Waals surface area contributed by atoms with E-state index in [1.54, 1.807) is 6.07 Å². The second-order valence-corrected chi connectivity index (χ2v) is 3.54. The summed E-state index contributed by atoms with van der Waals surface area (Å²) in [7, 11) is 0. The largest absolute Gasteiger partial charge is 0.507 e. The van der Waals surface area contributed by atoms with Crippen LogP contribution in [0.15, 0.2) is 12.1 Å². The lowest BCUT2D eigenvalue weighted by Gasteiger charge is -2.08. The van der Waals surface area contributed by atoms with E-state index in [4.69, 9.17) is 11.5 Å². The lowest BCUT2D eigenvalue weighted by molar-refractivity contribution is 0.0997. The Morgan fingerprint density at radius 1 is 1.50 bits per heavy atom. The minimum Gasteiger partial charge on any atom is -0.507 e. The number of carbonyl (C=O) groups is 1. The quantitative estimate of drug-likeness (QED) is 0.603. The van der Waals surface area contributed by atoms with Gasteiger partial charge in [0.15, 0.2) is 0 Å². The molecule has 0 unspecified atom stereocenters. The van der Waals surface area contributed by atoms with Crippen molar-refractivity contribution in [1.82, 2.24) is 0 Å². The number of primary amides is 1. The van der Waals surface area contributed by atoms with E-state index in [1.165, 1.54) is 6.07 Å². The summed E-state index contributed by atoms with van der Waals surface area (Å²) in [6.45, 7) is 0. The molecule has 1 aliphatic rings. The number of amides is 1. The molecule has 0 aliphatic heterocycles. The molecule has 14 heavy (non-hydrogen) atoms. The molecule has 1 amide bonds. The molecule has 0 radical (unpaired) electrons. The maximum absolute atomic E-state index is 11.1. The molecule has 0 saturated carbocycles. The van der Waals surface area contributed by atoms with Gasteiger partial charge < -0.3 is 16.6 Å². The Bertz CT molecular complexity index is 401. The number of hydrogen-bond acceptors (Lipinski definition) is 3. The third kappa shape index (κ3) is 1.15. The molecule has 1 aromatic carbocycles. The molecular weight excluding hydrogens is 180 g/mol. The highest BCUT2D eigenvalue weighted by atomic mass is 16.3. The van der Waals surface area contributed by atoms with Crippen LogP contribution in [0.1, 0.15) is 33.9 Å². The number of aromatic hydroxyl groups is 1. The zero-order valence-electron chi connectivity index (χ0n) is 7.66. The molecule has 4 nitrogen and oxygen atoms in total. The van der Waals surface area contributed by atoms with Crippen LogP contribution in [0.5, 0.6) is 5.75 Å². The minimum atomic E-state index is -0.589. The summed E-state index contributed by atoms with van der Waals surface area (Å²) in [5.74, 6) is -0.640. The Morgan fingerprint density at radius 3 is 2.86 bits per heavy atom. The predicted molar refractivity (Wildman–Crippen MR) is 51.9 cm³/mol. The van der Waals surface area contributed by atoms with Crippen molar-refractivity contribution in [2.45, 2.75) is 18.9 Å². The predicted octanol–water partition coefficient (Wildman–Crippen LogP) is 0.437. The third-order valence-electron chi connectivity index (χ3n) is 2.68. The van der Waals surface area contributed by atoms with Crippen molar-refractivity contribution in [3.05, 3.63) is 28.8 Å². The molecule has 0 saturated heterocycles. The van der Waals surface area contributed by atoms with Crippen LogP contribution >= 0.6 is 0 Å². The molecule has 2 rings (SSSR count). The molecule has 0 aromatic heterocycles. The SMILES string of the molecule is NC(=O)c1c(O)ccc2c1CC[C@@H]2N. The van der Waals surface area contributed by atoms with E-state index in [0.717, 1.165) is 17.5 Å². The van der Waals surface area contributed by atoms with Crippen molar-refractivity contribution in [3.63, 3.8) is 0 Å². The zero-order valence-corrected chi connectivity index (χ0v) is 7.66. The number of fused-ring (bicyclic) bond motifs is 1. The Balaban J connectivity index is 2.65. The van der Waals surface area contributed by atoms with Gasteiger partial charge in [-0.3, -0.25) is 4.79 Å². The highest BCUT2D eigenvalue weighted by molar-refractivity contribution is 5.97. The van der Waals surface area contributed by atoms with E-state index >= 15 is 0 Å². The summed E-state index contributed by atoms with van der Waals surface area (Å²) >= 11 is 0. The van der Waals surface area contributed by atoms with E-state index in [0.29, 0.717) is 6.42 Å². The van der Waals surface area contributed by atoms with Gasteiger partial charge in [-0.25, -0.2) is 0 Å². The first-order valence-corrected chi connectivity index (χ1v) is 4.51. The van der Waals surface area contributed by atoms with Gasteiger partial charge in [0.05, 0.1) is 5.56 Å². The second kappa shape index (κ2) is 2.99. The summed E-state index contributed by atoms with van der Waals surface area (Å²) in [5, 5.41) is 9.49. The van der Waals surface area contributed by atoms with Crippen LogP contribution in [0.25, 0.3) is 0 Å². The van der Waals surface area contributed by atoms with E-state index in [2.05, 4.69) is 0 Å². The summed E-state index contributed by atoms with van der Waals surface area (Å²) in [4.78, 5) is 11.1. The van der Waals surface area contributed by atoms with Gasteiger partial charge in [-0.1, -0.05) is 6.07 Å². The van der Waals surface area contributed by atoms with E-state index in [1.807, 2.05) is 0 Å². The van der Waals surface area contributed by atoms with Crippen molar-refractivity contribution < 1.29 is 9.90 Å². The van der Waals surface area contributed by atoms with Gasteiger partial charge in [-0.15, -0.1) is 0 Å². The first-order valence-electron chi connectivity index (χ1n) is 4.51. The van der Waals surface area contributed by atoms with Crippen molar-refractivity contribution in [3.8, 4) is 5.75 Å². The molecule has 74 valence electrons. The van der Waals surface area contributed by atoms with Gasteiger partial charge in [-0.2, -0.15) is 0 Å². The average Bonchev–Trinajstić information content (AvgIpc) is 2.47. The summed E-state index contributed by atoms with van der Waals surface area (Å²) in [5.41, 5.74) is 13.0. The summed E-state index contributed by atoms with van der Waals surface area (Å²) in [6.07, 6.45) is 1.52. The fourth-order valence-corrected chi connectivity index (χ4v) is 2.00. The van der Waals surface area contributed by atoms with Crippen LogP contribution in [-0.4, -0.2) is 11.0 Å². The van der Waals surface area contributed by atoms with E-state index in [-0.39, 0.29) is 17.4 Å². The molecule has 0 spiro atoms. The number of nitrogens with two attached hydrogens (primary N) is 2. The fourth-order valence-electron chi connectivity index (χ4n) is 2.00. The van der Waals surface area contributed by atoms with Crippen LogP contribution in [0.3, 0.4) is 0 Å². The van der Waals surface area contributed by atoms with Gasteiger partial charge in [0.2, 0.25) is 0 Å². The van der Waals surface area contributed by atoms with Crippen LogP contribution in [0.2, 0.25) is 0 Å². The zero-order chi connectivity index (χ0) is 10.3. The first kappa shape index (κ1) is 9.02. The second-order valence-electron chi connectivity index (χ2n) is 3.54. The minimum absolute atomic E-state index is 0.0382. The van der Waals surface area contributed by atoms with E-state index in [9.17, 15) is 9.90 Å². The lowest BCUT2D eigenvalue weighted by atomic mass is 10.0. The lowest BCUT2D eigenvalue weighted by Crippen LogP contribution is -2.14. The number of rotatable bonds is 1. The monoisotopic (exact) mass is 192 g/mol.